The zero-order valence-corrected chi connectivity index (χ0v) is 8.84. The molecule has 0 radical (unpaired) electrons. The van der Waals surface area contributed by atoms with Gasteiger partial charge in [0.2, 0.25) is 0 Å². The molecular formula is C10H20N2O. The molecule has 0 saturated carbocycles. The summed E-state index contributed by atoms with van der Waals surface area (Å²) >= 11 is 0. The summed E-state index contributed by atoms with van der Waals surface area (Å²) in [4.78, 5) is 13.5. The highest BCUT2D eigenvalue weighted by Gasteiger charge is 2.29. The molecule has 0 bridgehead atoms. The van der Waals surface area contributed by atoms with Crippen LogP contribution in [0.1, 0.15) is 33.6 Å². The zero-order chi connectivity index (χ0) is 9.84. The summed E-state index contributed by atoms with van der Waals surface area (Å²) in [6.07, 6.45) is 2.14. The van der Waals surface area contributed by atoms with Crippen LogP contribution in [0.5, 0.6) is 0 Å². The van der Waals surface area contributed by atoms with Crippen LogP contribution in [0.4, 0.5) is 4.79 Å². The molecule has 0 aromatic carbocycles. The van der Waals surface area contributed by atoms with E-state index in [0.29, 0.717) is 12.0 Å². The standard InChI is InChI=1S/C10H20N2O/c1-4-5-11-10(13)12-7-8(2)6-9(12)3/h8-9H,4-7H2,1-3H3,(H,11,13). The van der Waals surface area contributed by atoms with Crippen molar-refractivity contribution in [2.24, 2.45) is 5.92 Å². The van der Waals surface area contributed by atoms with Gasteiger partial charge in [-0.3, -0.25) is 0 Å². The Morgan fingerprint density at radius 3 is 2.69 bits per heavy atom. The van der Waals surface area contributed by atoms with Crippen molar-refractivity contribution in [3.8, 4) is 0 Å². The van der Waals surface area contributed by atoms with E-state index in [0.717, 1.165) is 25.9 Å². The molecule has 76 valence electrons. The van der Waals surface area contributed by atoms with E-state index in [9.17, 15) is 4.79 Å². The number of urea groups is 1. The van der Waals surface area contributed by atoms with Crippen LogP contribution >= 0.6 is 0 Å². The van der Waals surface area contributed by atoms with Crippen LogP contribution in [0.3, 0.4) is 0 Å². The molecule has 0 aromatic rings. The first kappa shape index (κ1) is 10.4. The summed E-state index contributed by atoms with van der Waals surface area (Å²) < 4.78 is 0. The van der Waals surface area contributed by atoms with Crippen LogP contribution in [0, 0.1) is 5.92 Å². The lowest BCUT2D eigenvalue weighted by molar-refractivity contribution is 0.195. The number of hydrogen-bond acceptors (Lipinski definition) is 1. The third kappa shape index (κ3) is 2.61. The number of rotatable bonds is 2. The van der Waals surface area contributed by atoms with E-state index < -0.39 is 0 Å². The van der Waals surface area contributed by atoms with E-state index in [4.69, 9.17) is 0 Å². The Kier molecular flexibility index (Phi) is 3.58. The molecule has 2 atom stereocenters. The van der Waals surface area contributed by atoms with Crippen molar-refractivity contribution in [3.05, 3.63) is 0 Å². The van der Waals surface area contributed by atoms with E-state index in [1.807, 2.05) is 4.90 Å². The minimum Gasteiger partial charge on any atom is -0.338 e. The topological polar surface area (TPSA) is 32.3 Å². The molecule has 2 unspecified atom stereocenters. The van der Waals surface area contributed by atoms with Crippen LogP contribution in [-0.4, -0.2) is 30.1 Å². The van der Waals surface area contributed by atoms with E-state index in [2.05, 4.69) is 26.1 Å². The summed E-state index contributed by atoms with van der Waals surface area (Å²) in [5, 5.41) is 2.91. The molecule has 2 amide bonds. The second-order valence-electron chi connectivity index (χ2n) is 4.07. The normalized spacial score (nSPS) is 27.8. The van der Waals surface area contributed by atoms with Gasteiger partial charge in [-0.15, -0.1) is 0 Å². The number of nitrogens with zero attached hydrogens (tertiary/aromatic N) is 1. The third-order valence-corrected chi connectivity index (χ3v) is 2.57. The maximum atomic E-state index is 11.6. The van der Waals surface area contributed by atoms with Crippen molar-refractivity contribution in [1.82, 2.24) is 10.2 Å². The SMILES string of the molecule is CCCNC(=O)N1CC(C)CC1C. The first-order valence-electron chi connectivity index (χ1n) is 5.19. The number of hydrogen-bond donors (Lipinski definition) is 1. The second kappa shape index (κ2) is 4.49. The highest BCUT2D eigenvalue weighted by molar-refractivity contribution is 5.74. The van der Waals surface area contributed by atoms with Gasteiger partial charge in [-0.05, 0) is 25.7 Å². The maximum Gasteiger partial charge on any atom is 0.317 e. The molecule has 1 heterocycles. The predicted octanol–water partition coefficient (Wildman–Crippen LogP) is 1.84. The van der Waals surface area contributed by atoms with Crippen molar-refractivity contribution in [2.75, 3.05) is 13.1 Å². The van der Waals surface area contributed by atoms with Gasteiger partial charge in [-0.25, -0.2) is 4.79 Å². The Morgan fingerprint density at radius 2 is 2.23 bits per heavy atom. The Morgan fingerprint density at radius 1 is 1.54 bits per heavy atom. The number of carbonyl (C=O) groups is 1. The van der Waals surface area contributed by atoms with Gasteiger partial charge in [0.25, 0.3) is 0 Å². The molecule has 1 N–H and O–H groups in total. The highest BCUT2D eigenvalue weighted by Crippen LogP contribution is 2.21. The average molecular weight is 184 g/mol. The summed E-state index contributed by atoms with van der Waals surface area (Å²) in [7, 11) is 0. The molecule has 0 aliphatic carbocycles. The van der Waals surface area contributed by atoms with Gasteiger partial charge in [-0.1, -0.05) is 13.8 Å². The summed E-state index contributed by atoms with van der Waals surface area (Å²) in [6.45, 7) is 8.09. The fourth-order valence-electron chi connectivity index (χ4n) is 1.92. The lowest BCUT2D eigenvalue weighted by Gasteiger charge is -2.21. The van der Waals surface area contributed by atoms with Crippen molar-refractivity contribution < 1.29 is 4.79 Å². The van der Waals surface area contributed by atoms with Crippen LogP contribution in [0.25, 0.3) is 0 Å². The molecule has 3 heteroatoms. The van der Waals surface area contributed by atoms with E-state index in [1.165, 1.54) is 0 Å². The molecule has 1 aliphatic heterocycles. The second-order valence-corrected chi connectivity index (χ2v) is 4.07. The summed E-state index contributed by atoms with van der Waals surface area (Å²) in [5.41, 5.74) is 0. The lowest BCUT2D eigenvalue weighted by Crippen LogP contribution is -2.42. The van der Waals surface area contributed by atoms with Gasteiger partial charge < -0.3 is 10.2 Å². The Balaban J connectivity index is 2.38. The predicted molar refractivity (Wildman–Crippen MR) is 53.6 cm³/mol. The number of carbonyl (C=O) groups excluding carboxylic acids is 1. The molecule has 1 rings (SSSR count). The van der Waals surface area contributed by atoms with Crippen molar-refractivity contribution >= 4 is 6.03 Å². The minimum absolute atomic E-state index is 0.110. The van der Waals surface area contributed by atoms with Crippen molar-refractivity contribution in [2.45, 2.75) is 39.7 Å². The number of amides is 2. The van der Waals surface area contributed by atoms with E-state index >= 15 is 0 Å². The van der Waals surface area contributed by atoms with Crippen LogP contribution in [-0.2, 0) is 0 Å². The zero-order valence-electron chi connectivity index (χ0n) is 8.84. The minimum atomic E-state index is 0.110. The largest absolute Gasteiger partial charge is 0.338 e. The van der Waals surface area contributed by atoms with E-state index in [-0.39, 0.29) is 6.03 Å². The summed E-state index contributed by atoms with van der Waals surface area (Å²) in [5.74, 6) is 0.655. The maximum absolute atomic E-state index is 11.6. The summed E-state index contributed by atoms with van der Waals surface area (Å²) in [6, 6.07) is 0.519. The van der Waals surface area contributed by atoms with Crippen LogP contribution in [0.15, 0.2) is 0 Å². The molecule has 3 nitrogen and oxygen atoms in total. The van der Waals surface area contributed by atoms with Crippen LogP contribution in [0.2, 0.25) is 0 Å². The van der Waals surface area contributed by atoms with Gasteiger partial charge in [-0.2, -0.15) is 0 Å². The van der Waals surface area contributed by atoms with E-state index in [1.54, 1.807) is 0 Å². The third-order valence-electron chi connectivity index (χ3n) is 2.57. The number of nitrogens with one attached hydrogen (secondary N) is 1. The van der Waals surface area contributed by atoms with Gasteiger partial charge in [0.05, 0.1) is 0 Å². The van der Waals surface area contributed by atoms with Gasteiger partial charge in [0.15, 0.2) is 0 Å². The van der Waals surface area contributed by atoms with Crippen LogP contribution < -0.4 is 5.32 Å². The van der Waals surface area contributed by atoms with Gasteiger partial charge in [0.1, 0.15) is 0 Å². The fraction of sp³-hybridized carbons (Fsp3) is 0.900. The monoisotopic (exact) mass is 184 g/mol. The molecule has 1 saturated heterocycles. The van der Waals surface area contributed by atoms with Gasteiger partial charge in [0, 0.05) is 19.1 Å². The molecule has 0 aromatic heterocycles. The van der Waals surface area contributed by atoms with Crippen molar-refractivity contribution in [3.63, 3.8) is 0 Å². The Labute approximate surface area is 80.5 Å². The van der Waals surface area contributed by atoms with Gasteiger partial charge >= 0.3 is 6.03 Å². The first-order valence-corrected chi connectivity index (χ1v) is 5.19. The first-order chi connectivity index (χ1) is 6.15. The highest BCUT2D eigenvalue weighted by atomic mass is 16.2. The lowest BCUT2D eigenvalue weighted by atomic mass is 10.1. The molecule has 1 fully saturated rings. The smallest absolute Gasteiger partial charge is 0.317 e. The average Bonchev–Trinajstić information content (AvgIpc) is 2.41. The molecule has 13 heavy (non-hydrogen) atoms. The van der Waals surface area contributed by atoms with Crippen molar-refractivity contribution in [1.29, 1.82) is 0 Å². The Hall–Kier alpha value is -0.730. The quantitative estimate of drug-likeness (QED) is 0.697. The molecular weight excluding hydrogens is 164 g/mol. The Bertz CT molecular complexity index is 182. The molecule has 0 spiro atoms. The fourth-order valence-corrected chi connectivity index (χ4v) is 1.92. The molecule has 1 aliphatic rings. The number of likely N-dealkylation sites (tertiary alicyclic amines) is 1.